The van der Waals surface area contributed by atoms with Crippen LogP contribution in [0.15, 0.2) is 72.9 Å². The number of allylic oxidation sites excluding steroid dienone is 12. The fourth-order valence-corrected chi connectivity index (χ4v) is 2.23. The third-order valence-corrected chi connectivity index (χ3v) is 3.76. The first-order valence-electron chi connectivity index (χ1n) is 10.5. The highest BCUT2D eigenvalue weighted by molar-refractivity contribution is 5.75. The molecule has 0 aliphatic heterocycles. The van der Waals surface area contributed by atoms with Crippen LogP contribution in [0.5, 0.6) is 0 Å². The van der Waals surface area contributed by atoms with E-state index >= 15 is 0 Å². The summed E-state index contributed by atoms with van der Waals surface area (Å²) in [4.78, 5) is 11.5. The largest absolute Gasteiger partial charge is 0.383 e. The van der Waals surface area contributed by atoms with E-state index in [1.54, 1.807) is 7.11 Å². The second-order valence-corrected chi connectivity index (χ2v) is 6.30. The van der Waals surface area contributed by atoms with Crippen molar-refractivity contribution < 1.29 is 9.53 Å². The van der Waals surface area contributed by atoms with Gasteiger partial charge in [-0.05, 0) is 44.9 Å². The minimum absolute atomic E-state index is 0.0802. The van der Waals surface area contributed by atoms with E-state index in [1.165, 1.54) is 0 Å². The zero-order chi connectivity index (χ0) is 20.5. The summed E-state index contributed by atoms with van der Waals surface area (Å²) in [5.74, 6) is 0.0802. The molecule has 1 N–H and O–H groups in total. The molecule has 0 fully saturated rings. The monoisotopic (exact) mass is 385 g/mol. The molecule has 156 valence electrons. The maximum absolute atomic E-state index is 11.5. The Labute approximate surface area is 172 Å². The third-order valence-electron chi connectivity index (χ3n) is 3.76. The molecule has 0 heterocycles. The lowest BCUT2D eigenvalue weighted by molar-refractivity contribution is -0.121. The average Bonchev–Trinajstić information content (AvgIpc) is 2.70. The number of ether oxygens (including phenoxy) is 1. The fraction of sp³-hybridized carbons (Fsp3) is 0.480. The smallest absolute Gasteiger partial charge is 0.220 e. The normalized spacial score (nSPS) is 12.8. The molecule has 0 spiro atoms. The van der Waals surface area contributed by atoms with Crippen molar-refractivity contribution in [3.8, 4) is 0 Å². The van der Waals surface area contributed by atoms with Crippen LogP contribution < -0.4 is 5.32 Å². The summed E-state index contributed by atoms with van der Waals surface area (Å²) in [5.41, 5.74) is 0. The van der Waals surface area contributed by atoms with E-state index in [0.717, 1.165) is 44.9 Å². The molecule has 0 aliphatic rings. The lowest BCUT2D eigenvalue weighted by Crippen LogP contribution is -2.26. The second-order valence-electron chi connectivity index (χ2n) is 6.30. The first kappa shape index (κ1) is 25.9. The predicted molar refractivity (Wildman–Crippen MR) is 122 cm³/mol. The highest BCUT2D eigenvalue weighted by Crippen LogP contribution is 1.97. The van der Waals surface area contributed by atoms with Gasteiger partial charge in [0.2, 0.25) is 5.91 Å². The number of carbonyl (C=O) groups excluding carboxylic acids is 1. The van der Waals surface area contributed by atoms with Crippen LogP contribution in [0.2, 0.25) is 0 Å². The number of methoxy groups -OCH3 is 1. The quantitative estimate of drug-likeness (QED) is 0.238. The van der Waals surface area contributed by atoms with Crippen LogP contribution in [0.25, 0.3) is 0 Å². The maximum atomic E-state index is 11.5. The zero-order valence-corrected chi connectivity index (χ0v) is 17.8. The van der Waals surface area contributed by atoms with E-state index in [0.29, 0.717) is 19.6 Å². The molecule has 0 bridgehead atoms. The van der Waals surface area contributed by atoms with Crippen molar-refractivity contribution in [3.63, 3.8) is 0 Å². The Hall–Kier alpha value is -2.13. The van der Waals surface area contributed by atoms with Crippen molar-refractivity contribution in [2.45, 2.75) is 58.3 Å². The van der Waals surface area contributed by atoms with Crippen molar-refractivity contribution in [3.05, 3.63) is 72.9 Å². The zero-order valence-electron chi connectivity index (χ0n) is 17.8. The Bertz CT molecular complexity index is 525. The molecular formula is C25H39NO2. The highest BCUT2D eigenvalue weighted by atomic mass is 16.5. The van der Waals surface area contributed by atoms with Crippen LogP contribution in [-0.2, 0) is 9.53 Å². The van der Waals surface area contributed by atoms with Crippen molar-refractivity contribution in [1.29, 1.82) is 0 Å². The van der Waals surface area contributed by atoms with Crippen LogP contribution in [0.4, 0.5) is 0 Å². The van der Waals surface area contributed by atoms with Gasteiger partial charge in [0.1, 0.15) is 0 Å². The summed E-state index contributed by atoms with van der Waals surface area (Å²) in [5, 5.41) is 2.81. The van der Waals surface area contributed by atoms with Gasteiger partial charge in [-0.1, -0.05) is 79.8 Å². The van der Waals surface area contributed by atoms with Gasteiger partial charge in [0.25, 0.3) is 0 Å². The molecule has 0 unspecified atom stereocenters. The van der Waals surface area contributed by atoms with E-state index in [2.05, 4.69) is 85.2 Å². The van der Waals surface area contributed by atoms with Gasteiger partial charge >= 0.3 is 0 Å². The molecule has 0 radical (unpaired) electrons. The summed E-state index contributed by atoms with van der Waals surface area (Å²) >= 11 is 0. The van der Waals surface area contributed by atoms with Crippen LogP contribution in [0.1, 0.15) is 58.3 Å². The number of nitrogens with one attached hydrogen (secondary N) is 1. The van der Waals surface area contributed by atoms with E-state index in [4.69, 9.17) is 4.74 Å². The highest BCUT2D eigenvalue weighted by Gasteiger charge is 1.97. The molecule has 0 aromatic carbocycles. The Balaban J connectivity index is 3.54. The maximum Gasteiger partial charge on any atom is 0.220 e. The molecule has 3 heteroatoms. The summed E-state index contributed by atoms with van der Waals surface area (Å²) in [7, 11) is 1.63. The van der Waals surface area contributed by atoms with Gasteiger partial charge in [-0.2, -0.15) is 0 Å². The van der Waals surface area contributed by atoms with Crippen LogP contribution in [0, 0.1) is 0 Å². The van der Waals surface area contributed by atoms with E-state index in [9.17, 15) is 4.79 Å². The van der Waals surface area contributed by atoms with Gasteiger partial charge in [0.05, 0.1) is 6.61 Å². The molecule has 0 saturated carbocycles. The Morgan fingerprint density at radius 3 is 1.57 bits per heavy atom. The molecule has 0 atom stereocenters. The van der Waals surface area contributed by atoms with E-state index in [1.807, 2.05) is 0 Å². The lowest BCUT2D eigenvalue weighted by atomic mass is 10.2. The van der Waals surface area contributed by atoms with Gasteiger partial charge in [-0.3, -0.25) is 4.79 Å². The van der Waals surface area contributed by atoms with Crippen molar-refractivity contribution in [2.75, 3.05) is 20.3 Å². The number of rotatable bonds is 17. The minimum atomic E-state index is 0.0802. The van der Waals surface area contributed by atoms with Gasteiger partial charge in [-0.25, -0.2) is 0 Å². The second kappa shape index (κ2) is 22.9. The number of hydrogen-bond donors (Lipinski definition) is 1. The molecule has 0 aliphatic carbocycles. The molecule has 28 heavy (non-hydrogen) atoms. The standard InChI is InChI=1S/C25H39NO2/c1-3-4-5-6-7-8-9-10-11-12-13-14-15-16-17-18-19-20-21-22-25(27)26-23-24-28-2/h4-5,7-8,10-11,13-14,16-17,19-20H,3,6,9,12,15,18,21-24H2,1-2H3,(H,26,27)/b5-4+,8-7+,11-10+,14-13+,17-16+,20-19+. The topological polar surface area (TPSA) is 38.3 Å². The Morgan fingerprint density at radius 1 is 0.714 bits per heavy atom. The molecule has 0 saturated heterocycles. The number of hydrogen-bond acceptors (Lipinski definition) is 2. The molecule has 1 amide bonds. The molecule has 0 rings (SSSR count). The Kier molecular flexibility index (Phi) is 21.2. The molecular weight excluding hydrogens is 346 g/mol. The Morgan fingerprint density at radius 2 is 1.14 bits per heavy atom. The van der Waals surface area contributed by atoms with Crippen LogP contribution >= 0.6 is 0 Å². The average molecular weight is 386 g/mol. The van der Waals surface area contributed by atoms with E-state index in [-0.39, 0.29) is 5.91 Å². The first-order valence-corrected chi connectivity index (χ1v) is 10.5. The summed E-state index contributed by atoms with van der Waals surface area (Å²) < 4.78 is 4.89. The van der Waals surface area contributed by atoms with Gasteiger partial charge in [0.15, 0.2) is 0 Å². The predicted octanol–water partition coefficient (Wildman–Crippen LogP) is 6.23. The minimum Gasteiger partial charge on any atom is -0.383 e. The summed E-state index contributed by atoms with van der Waals surface area (Å²) in [6, 6.07) is 0. The molecule has 0 aromatic heterocycles. The number of amides is 1. The molecule has 0 aromatic rings. The number of carbonyl (C=O) groups is 1. The van der Waals surface area contributed by atoms with Crippen LogP contribution in [-0.4, -0.2) is 26.2 Å². The van der Waals surface area contributed by atoms with Crippen molar-refractivity contribution >= 4 is 5.91 Å². The van der Waals surface area contributed by atoms with Crippen LogP contribution in [0.3, 0.4) is 0 Å². The summed E-state index contributed by atoms with van der Waals surface area (Å²) in [6.07, 6.45) is 33.5. The summed E-state index contributed by atoms with van der Waals surface area (Å²) in [6.45, 7) is 3.30. The van der Waals surface area contributed by atoms with Crippen molar-refractivity contribution in [2.24, 2.45) is 0 Å². The first-order chi connectivity index (χ1) is 13.8. The molecule has 3 nitrogen and oxygen atoms in total. The van der Waals surface area contributed by atoms with Gasteiger partial charge < -0.3 is 10.1 Å². The SMILES string of the molecule is CC/C=C/C/C=C/C/C=C/C/C=C/C/C=C/C/C=C/CCC(=O)NCCOC. The van der Waals surface area contributed by atoms with E-state index < -0.39 is 0 Å². The van der Waals surface area contributed by atoms with Gasteiger partial charge in [0, 0.05) is 20.1 Å². The van der Waals surface area contributed by atoms with Crippen molar-refractivity contribution in [1.82, 2.24) is 5.32 Å². The lowest BCUT2D eigenvalue weighted by Gasteiger charge is -2.02. The fourth-order valence-electron chi connectivity index (χ4n) is 2.23. The third kappa shape index (κ3) is 21.9. The van der Waals surface area contributed by atoms with Gasteiger partial charge in [-0.15, -0.1) is 0 Å².